The van der Waals surface area contributed by atoms with E-state index in [-0.39, 0.29) is 0 Å². The fraction of sp³-hybridized carbons (Fsp3) is 0.600. The van der Waals surface area contributed by atoms with Crippen molar-refractivity contribution in [2.75, 3.05) is 44.2 Å². The Morgan fingerprint density at radius 2 is 1.56 bits per heavy atom. The maximum atomic E-state index is 13.1. The predicted octanol–water partition coefficient (Wildman–Crippen LogP) is 4.22. The van der Waals surface area contributed by atoms with Crippen molar-refractivity contribution in [3.63, 3.8) is 0 Å². The molecular formula is C25H35N3O2S2. The number of nitrogens with zero attached hydrogens (tertiary/aromatic N) is 3. The second kappa shape index (κ2) is 9.09. The van der Waals surface area contributed by atoms with E-state index in [0.29, 0.717) is 18.0 Å². The van der Waals surface area contributed by atoms with E-state index < -0.39 is 10.0 Å². The fourth-order valence-corrected chi connectivity index (χ4v) is 8.70. The van der Waals surface area contributed by atoms with Gasteiger partial charge in [-0.05, 0) is 68.9 Å². The van der Waals surface area contributed by atoms with Crippen LogP contribution in [0.15, 0.2) is 29.2 Å². The highest BCUT2D eigenvalue weighted by molar-refractivity contribution is 7.89. The molecule has 1 aromatic carbocycles. The molecular weight excluding hydrogens is 438 g/mol. The molecule has 0 radical (unpaired) electrons. The molecule has 1 saturated carbocycles. The van der Waals surface area contributed by atoms with Crippen LogP contribution in [0.5, 0.6) is 0 Å². The number of rotatable bonds is 4. The third-order valence-electron chi connectivity index (χ3n) is 7.58. The number of piperazine rings is 1. The number of sulfonamides is 1. The van der Waals surface area contributed by atoms with E-state index in [1.165, 1.54) is 55.6 Å². The quantitative estimate of drug-likeness (QED) is 0.667. The molecule has 2 fully saturated rings. The summed E-state index contributed by atoms with van der Waals surface area (Å²) in [6.07, 6.45) is 7.82. The lowest BCUT2D eigenvalue weighted by Crippen LogP contribution is -2.48. The molecule has 5 rings (SSSR count). The van der Waals surface area contributed by atoms with Crippen molar-refractivity contribution < 1.29 is 8.42 Å². The van der Waals surface area contributed by atoms with Gasteiger partial charge in [0, 0.05) is 60.8 Å². The van der Waals surface area contributed by atoms with Gasteiger partial charge in [-0.15, -0.1) is 11.3 Å². The molecule has 0 spiro atoms. The van der Waals surface area contributed by atoms with Crippen LogP contribution in [0.3, 0.4) is 0 Å². The summed E-state index contributed by atoms with van der Waals surface area (Å²) in [5.74, 6) is 0. The van der Waals surface area contributed by atoms with Crippen LogP contribution in [0.4, 0.5) is 5.69 Å². The molecule has 3 heterocycles. The number of hydrogen-bond acceptors (Lipinski definition) is 5. The third kappa shape index (κ3) is 4.37. The second-order valence-electron chi connectivity index (χ2n) is 9.60. The minimum Gasteiger partial charge on any atom is -0.369 e. The van der Waals surface area contributed by atoms with Gasteiger partial charge in [0.15, 0.2) is 0 Å². The minimum absolute atomic E-state index is 0.491. The molecule has 1 aromatic heterocycles. The number of anilines is 1. The first-order valence-corrected chi connectivity index (χ1v) is 14.4. The Labute approximate surface area is 197 Å². The van der Waals surface area contributed by atoms with Crippen LogP contribution >= 0.6 is 11.3 Å². The summed E-state index contributed by atoms with van der Waals surface area (Å²) in [6.45, 7) is 8.82. The molecule has 0 amide bonds. The van der Waals surface area contributed by atoms with Crippen LogP contribution in [-0.4, -0.2) is 62.9 Å². The molecule has 2 aliphatic heterocycles. The Hall–Kier alpha value is -1.41. The molecule has 2 aromatic rings. The molecule has 174 valence electrons. The first kappa shape index (κ1) is 22.4. The van der Waals surface area contributed by atoms with E-state index in [0.717, 1.165) is 41.7 Å². The van der Waals surface area contributed by atoms with Gasteiger partial charge in [-0.1, -0.05) is 18.9 Å². The topological polar surface area (TPSA) is 43.9 Å². The molecule has 3 aliphatic rings. The van der Waals surface area contributed by atoms with Crippen LogP contribution in [-0.2, 0) is 22.9 Å². The maximum Gasteiger partial charge on any atom is 0.244 e. The molecule has 0 atom stereocenters. The van der Waals surface area contributed by atoms with Crippen LogP contribution in [0, 0.1) is 13.8 Å². The highest BCUT2D eigenvalue weighted by atomic mass is 32.2. The van der Waals surface area contributed by atoms with Gasteiger partial charge in [-0.2, -0.15) is 4.31 Å². The Morgan fingerprint density at radius 3 is 2.22 bits per heavy atom. The highest BCUT2D eigenvalue weighted by Gasteiger charge is 2.31. The van der Waals surface area contributed by atoms with E-state index >= 15 is 0 Å². The Bertz CT molecular complexity index is 1060. The van der Waals surface area contributed by atoms with Gasteiger partial charge in [0.1, 0.15) is 0 Å². The van der Waals surface area contributed by atoms with Crippen molar-refractivity contribution in [3.05, 3.63) is 45.1 Å². The number of hydrogen-bond donors (Lipinski definition) is 0. The SMILES string of the molecule is Cc1cc(S(=O)(=O)N2CCN(c3ccc4c(c3)CCN(C3CCCC3)CC4)CC2)c(C)s1. The zero-order valence-electron chi connectivity index (χ0n) is 19.3. The lowest BCUT2D eigenvalue weighted by Gasteiger charge is -2.35. The van der Waals surface area contributed by atoms with Crippen LogP contribution in [0.1, 0.15) is 46.6 Å². The summed E-state index contributed by atoms with van der Waals surface area (Å²) in [7, 11) is -3.40. The van der Waals surface area contributed by atoms with Gasteiger partial charge in [0.05, 0.1) is 4.90 Å². The first-order valence-electron chi connectivity index (χ1n) is 12.1. The second-order valence-corrected chi connectivity index (χ2v) is 13.0. The van der Waals surface area contributed by atoms with Gasteiger partial charge >= 0.3 is 0 Å². The van der Waals surface area contributed by atoms with E-state index in [4.69, 9.17) is 0 Å². The summed E-state index contributed by atoms with van der Waals surface area (Å²) >= 11 is 1.56. The number of thiophene rings is 1. The van der Waals surface area contributed by atoms with Crippen molar-refractivity contribution in [2.45, 2.75) is 63.3 Å². The summed E-state index contributed by atoms with van der Waals surface area (Å²) < 4.78 is 28.0. The minimum atomic E-state index is -3.40. The molecule has 0 bridgehead atoms. The Balaban J connectivity index is 1.24. The van der Waals surface area contributed by atoms with Crippen molar-refractivity contribution in [1.29, 1.82) is 0 Å². The molecule has 1 saturated heterocycles. The fourth-order valence-electron chi connectivity index (χ4n) is 5.75. The molecule has 7 heteroatoms. The van der Waals surface area contributed by atoms with Gasteiger partial charge < -0.3 is 4.90 Å². The van der Waals surface area contributed by atoms with E-state index in [2.05, 4.69) is 28.0 Å². The molecule has 32 heavy (non-hydrogen) atoms. The average molecular weight is 474 g/mol. The van der Waals surface area contributed by atoms with Gasteiger partial charge in [0.2, 0.25) is 10.0 Å². The largest absolute Gasteiger partial charge is 0.369 e. The number of benzene rings is 1. The molecule has 0 N–H and O–H groups in total. The van der Waals surface area contributed by atoms with Crippen LogP contribution in [0.25, 0.3) is 0 Å². The normalized spacial score (nSPS) is 21.6. The van der Waals surface area contributed by atoms with Gasteiger partial charge in [0.25, 0.3) is 0 Å². The lowest BCUT2D eigenvalue weighted by molar-refractivity contribution is 0.208. The number of aryl methyl sites for hydroxylation is 2. The summed E-state index contributed by atoms with van der Waals surface area (Å²) in [6, 6.07) is 9.58. The monoisotopic (exact) mass is 473 g/mol. The van der Waals surface area contributed by atoms with Gasteiger partial charge in [-0.3, -0.25) is 4.90 Å². The van der Waals surface area contributed by atoms with Gasteiger partial charge in [-0.25, -0.2) is 8.42 Å². The smallest absolute Gasteiger partial charge is 0.244 e. The summed E-state index contributed by atoms with van der Waals surface area (Å²) in [5, 5.41) is 0. The maximum absolute atomic E-state index is 13.1. The van der Waals surface area contributed by atoms with Crippen LogP contribution < -0.4 is 4.90 Å². The summed E-state index contributed by atoms with van der Waals surface area (Å²) in [4.78, 5) is 7.52. The van der Waals surface area contributed by atoms with Crippen molar-refractivity contribution >= 4 is 27.0 Å². The molecule has 5 nitrogen and oxygen atoms in total. The van der Waals surface area contributed by atoms with Crippen molar-refractivity contribution in [3.8, 4) is 0 Å². The Kier molecular flexibility index (Phi) is 6.36. The predicted molar refractivity (Wildman–Crippen MR) is 132 cm³/mol. The van der Waals surface area contributed by atoms with Crippen molar-refractivity contribution in [2.24, 2.45) is 0 Å². The van der Waals surface area contributed by atoms with E-state index in [1.54, 1.807) is 15.6 Å². The number of fused-ring (bicyclic) bond motifs is 1. The highest BCUT2D eigenvalue weighted by Crippen LogP contribution is 2.31. The zero-order valence-corrected chi connectivity index (χ0v) is 21.0. The van der Waals surface area contributed by atoms with E-state index in [1.807, 2.05) is 19.9 Å². The third-order valence-corrected chi connectivity index (χ3v) is 10.7. The zero-order chi connectivity index (χ0) is 22.3. The van der Waals surface area contributed by atoms with Crippen LogP contribution in [0.2, 0.25) is 0 Å². The first-order chi connectivity index (χ1) is 15.4. The molecule has 1 aliphatic carbocycles. The average Bonchev–Trinajstić information content (AvgIpc) is 3.39. The van der Waals surface area contributed by atoms with E-state index in [9.17, 15) is 8.42 Å². The standard InChI is InChI=1S/C25H35N3O2S2/c1-19-17-25(20(2)31-19)32(29,30)28-15-13-27(14-16-28)24-8-7-21-9-11-26(12-10-22(21)18-24)23-5-3-4-6-23/h7-8,17-18,23H,3-6,9-16H2,1-2H3. The molecule has 0 unspecified atom stereocenters. The lowest BCUT2D eigenvalue weighted by atomic mass is 10.0. The Morgan fingerprint density at radius 1 is 0.875 bits per heavy atom. The van der Waals surface area contributed by atoms with Crippen molar-refractivity contribution in [1.82, 2.24) is 9.21 Å². The summed E-state index contributed by atoms with van der Waals surface area (Å²) in [5.41, 5.74) is 4.24.